The number of nitrogens with one attached hydrogen (secondary N) is 2. The molecule has 0 aliphatic heterocycles. The monoisotopic (exact) mass is 202 g/mol. The highest BCUT2D eigenvalue weighted by molar-refractivity contribution is 5.78. The number of rotatable bonds is 6. The third-order valence-corrected chi connectivity index (χ3v) is 2.25. The molecule has 1 unspecified atom stereocenters. The van der Waals surface area contributed by atoms with E-state index in [9.17, 15) is 4.79 Å². The third-order valence-electron chi connectivity index (χ3n) is 2.25. The molecule has 0 aliphatic carbocycles. The molecule has 0 bridgehead atoms. The number of carbonyl (C=O) groups excluding carboxylic acids is 1. The van der Waals surface area contributed by atoms with Gasteiger partial charge < -0.3 is 15.7 Å². The molecule has 1 amide bonds. The predicted molar refractivity (Wildman–Crippen MR) is 57.1 cm³/mol. The Kier molecular flexibility index (Phi) is 5.72. The Labute approximate surface area is 86.1 Å². The maximum atomic E-state index is 11.4. The minimum absolute atomic E-state index is 0.0304. The maximum Gasteiger partial charge on any atom is 0.234 e. The molecule has 0 radical (unpaired) electrons. The molecule has 0 fully saturated rings. The van der Waals surface area contributed by atoms with Crippen LogP contribution in [0, 0.1) is 0 Å². The van der Waals surface area contributed by atoms with E-state index in [0.29, 0.717) is 0 Å². The van der Waals surface area contributed by atoms with Crippen molar-refractivity contribution in [2.24, 2.45) is 0 Å². The van der Waals surface area contributed by atoms with Crippen molar-refractivity contribution in [3.63, 3.8) is 0 Å². The number of hydrogen-bond donors (Lipinski definition) is 3. The number of carbonyl (C=O) groups is 1. The van der Waals surface area contributed by atoms with E-state index < -0.39 is 0 Å². The van der Waals surface area contributed by atoms with E-state index in [2.05, 4.69) is 10.6 Å². The minimum Gasteiger partial charge on any atom is -0.395 e. The molecule has 0 spiro atoms. The zero-order chi connectivity index (χ0) is 11.2. The molecule has 84 valence electrons. The second kappa shape index (κ2) is 5.98. The highest BCUT2D eigenvalue weighted by atomic mass is 16.3. The third kappa shape index (κ3) is 5.94. The molecule has 14 heavy (non-hydrogen) atoms. The molecule has 0 aromatic carbocycles. The fourth-order valence-electron chi connectivity index (χ4n) is 0.841. The van der Waals surface area contributed by atoms with Gasteiger partial charge in [-0.2, -0.15) is 0 Å². The Balaban J connectivity index is 3.76. The van der Waals surface area contributed by atoms with Crippen LogP contribution in [0.4, 0.5) is 0 Å². The van der Waals surface area contributed by atoms with Crippen molar-refractivity contribution in [2.75, 3.05) is 13.2 Å². The first-order chi connectivity index (χ1) is 6.41. The summed E-state index contributed by atoms with van der Waals surface area (Å²) >= 11 is 0. The van der Waals surface area contributed by atoms with Crippen molar-refractivity contribution >= 4 is 5.91 Å². The first-order valence-electron chi connectivity index (χ1n) is 5.06. The van der Waals surface area contributed by atoms with Gasteiger partial charge in [0.15, 0.2) is 0 Å². The fraction of sp³-hybridized carbons (Fsp3) is 0.900. The molecule has 0 aliphatic rings. The summed E-state index contributed by atoms with van der Waals surface area (Å²) in [5, 5.41) is 14.6. The molecule has 4 nitrogen and oxygen atoms in total. The topological polar surface area (TPSA) is 61.4 Å². The van der Waals surface area contributed by atoms with E-state index in [1.165, 1.54) is 0 Å². The normalized spacial score (nSPS) is 13.8. The summed E-state index contributed by atoms with van der Waals surface area (Å²) in [4.78, 5) is 11.4. The van der Waals surface area contributed by atoms with Gasteiger partial charge in [0.2, 0.25) is 5.91 Å². The van der Waals surface area contributed by atoms with Crippen LogP contribution < -0.4 is 10.6 Å². The number of aliphatic hydroxyl groups excluding tert-OH is 1. The Bertz CT molecular complexity index is 181. The van der Waals surface area contributed by atoms with Gasteiger partial charge in [-0.3, -0.25) is 4.79 Å². The fourth-order valence-corrected chi connectivity index (χ4v) is 0.841. The lowest BCUT2D eigenvalue weighted by Crippen LogP contribution is -2.48. The maximum absolute atomic E-state index is 11.4. The molecule has 0 aromatic rings. The quantitative estimate of drug-likeness (QED) is 0.579. The van der Waals surface area contributed by atoms with Gasteiger partial charge in [0, 0.05) is 11.6 Å². The smallest absolute Gasteiger partial charge is 0.234 e. The van der Waals surface area contributed by atoms with Crippen LogP contribution in [-0.2, 0) is 4.79 Å². The molecule has 1 atom stereocenters. The van der Waals surface area contributed by atoms with Crippen LogP contribution in [0.2, 0.25) is 0 Å². The second-order valence-electron chi connectivity index (χ2n) is 4.25. The van der Waals surface area contributed by atoms with Crippen LogP contribution in [0.15, 0.2) is 0 Å². The van der Waals surface area contributed by atoms with Crippen molar-refractivity contribution in [1.29, 1.82) is 0 Å². The van der Waals surface area contributed by atoms with Crippen molar-refractivity contribution < 1.29 is 9.90 Å². The molecule has 0 aromatic heterocycles. The lowest BCUT2D eigenvalue weighted by atomic mass is 10.0. The van der Waals surface area contributed by atoms with Crippen LogP contribution >= 0.6 is 0 Å². The number of aliphatic hydroxyl groups is 1. The highest BCUT2D eigenvalue weighted by Gasteiger charge is 2.17. The predicted octanol–water partition coefficient (Wildman–Crippen LogP) is 0.262. The van der Waals surface area contributed by atoms with E-state index in [-0.39, 0.29) is 30.6 Å². The second-order valence-corrected chi connectivity index (χ2v) is 4.25. The van der Waals surface area contributed by atoms with E-state index in [1.54, 1.807) is 0 Å². The summed E-state index contributed by atoms with van der Waals surface area (Å²) in [5.74, 6) is -0.0304. The Morgan fingerprint density at radius 1 is 1.50 bits per heavy atom. The largest absolute Gasteiger partial charge is 0.395 e. The standard InChI is InChI=1S/C10H22N2O2/c1-5-10(3,4)12-9(14)6-11-8(2)7-13/h8,11,13H,5-7H2,1-4H3,(H,12,14). The lowest BCUT2D eigenvalue weighted by Gasteiger charge is -2.24. The molecule has 3 N–H and O–H groups in total. The first kappa shape index (κ1) is 13.4. The summed E-state index contributed by atoms with van der Waals surface area (Å²) in [6, 6.07) is -0.0366. The molecule has 4 heteroatoms. The molecule has 0 saturated carbocycles. The Morgan fingerprint density at radius 2 is 2.07 bits per heavy atom. The van der Waals surface area contributed by atoms with E-state index in [0.717, 1.165) is 6.42 Å². The van der Waals surface area contributed by atoms with Gasteiger partial charge in [0.1, 0.15) is 0 Å². The molecular weight excluding hydrogens is 180 g/mol. The van der Waals surface area contributed by atoms with Crippen molar-refractivity contribution in [2.45, 2.75) is 45.7 Å². The summed E-state index contributed by atoms with van der Waals surface area (Å²) < 4.78 is 0. The van der Waals surface area contributed by atoms with Crippen LogP contribution in [-0.4, -0.2) is 35.7 Å². The van der Waals surface area contributed by atoms with Crippen LogP contribution in [0.1, 0.15) is 34.1 Å². The van der Waals surface area contributed by atoms with Crippen LogP contribution in [0.25, 0.3) is 0 Å². The van der Waals surface area contributed by atoms with Gasteiger partial charge >= 0.3 is 0 Å². The number of amides is 1. The lowest BCUT2D eigenvalue weighted by molar-refractivity contribution is -0.122. The molecule has 0 saturated heterocycles. The van der Waals surface area contributed by atoms with E-state index >= 15 is 0 Å². The molecular formula is C10H22N2O2. The van der Waals surface area contributed by atoms with Gasteiger partial charge in [-0.25, -0.2) is 0 Å². The summed E-state index contributed by atoms with van der Waals surface area (Å²) in [6.07, 6.45) is 0.897. The van der Waals surface area contributed by atoms with Gasteiger partial charge in [-0.1, -0.05) is 6.92 Å². The van der Waals surface area contributed by atoms with Gasteiger partial charge in [-0.15, -0.1) is 0 Å². The Hall–Kier alpha value is -0.610. The summed E-state index contributed by atoms with van der Waals surface area (Å²) in [6.45, 7) is 8.14. The Morgan fingerprint density at radius 3 is 2.50 bits per heavy atom. The zero-order valence-corrected chi connectivity index (χ0v) is 9.55. The van der Waals surface area contributed by atoms with Crippen molar-refractivity contribution in [3.05, 3.63) is 0 Å². The van der Waals surface area contributed by atoms with Gasteiger partial charge in [-0.05, 0) is 27.2 Å². The van der Waals surface area contributed by atoms with Gasteiger partial charge in [0.25, 0.3) is 0 Å². The van der Waals surface area contributed by atoms with Crippen molar-refractivity contribution in [1.82, 2.24) is 10.6 Å². The average Bonchev–Trinajstić information content (AvgIpc) is 2.13. The van der Waals surface area contributed by atoms with Crippen LogP contribution in [0.5, 0.6) is 0 Å². The zero-order valence-electron chi connectivity index (χ0n) is 9.55. The van der Waals surface area contributed by atoms with Crippen LogP contribution in [0.3, 0.4) is 0 Å². The molecule has 0 rings (SSSR count). The van der Waals surface area contributed by atoms with E-state index in [1.807, 2.05) is 27.7 Å². The minimum atomic E-state index is -0.152. The number of hydrogen-bond acceptors (Lipinski definition) is 3. The van der Waals surface area contributed by atoms with Crippen molar-refractivity contribution in [3.8, 4) is 0 Å². The average molecular weight is 202 g/mol. The van der Waals surface area contributed by atoms with E-state index in [4.69, 9.17) is 5.11 Å². The molecule has 0 heterocycles. The SMILES string of the molecule is CCC(C)(C)NC(=O)CNC(C)CO. The van der Waals surface area contributed by atoms with Gasteiger partial charge in [0.05, 0.1) is 13.2 Å². The summed E-state index contributed by atoms with van der Waals surface area (Å²) in [5.41, 5.74) is -0.152. The first-order valence-corrected chi connectivity index (χ1v) is 5.06. The highest BCUT2D eigenvalue weighted by Crippen LogP contribution is 2.05. The summed E-state index contributed by atoms with van der Waals surface area (Å²) in [7, 11) is 0.